The van der Waals surface area contributed by atoms with Gasteiger partial charge >= 0.3 is 6.18 Å². The second kappa shape index (κ2) is 8.44. The van der Waals surface area contributed by atoms with Crippen molar-refractivity contribution in [3.63, 3.8) is 0 Å². The molecule has 0 spiro atoms. The maximum absolute atomic E-state index is 12.5. The van der Waals surface area contributed by atoms with Crippen LogP contribution in [0.1, 0.15) is 32.6 Å². The number of amides is 1. The molecule has 3 aromatic rings. The quantitative estimate of drug-likeness (QED) is 0.458. The highest BCUT2D eigenvalue weighted by Crippen LogP contribution is 2.29. The molecular formula is C20H16F3N3O2S. The lowest BCUT2D eigenvalue weighted by Gasteiger charge is -2.05. The smallest absolute Gasteiger partial charge is 0.306 e. The second-order valence-electron chi connectivity index (χ2n) is 6.16. The Bertz CT molecular complexity index is 1050. The van der Waals surface area contributed by atoms with Crippen LogP contribution in [0.5, 0.6) is 0 Å². The van der Waals surface area contributed by atoms with Crippen LogP contribution in [0.15, 0.2) is 54.7 Å². The van der Waals surface area contributed by atoms with Crippen molar-refractivity contribution in [1.29, 1.82) is 0 Å². The van der Waals surface area contributed by atoms with Gasteiger partial charge in [-0.3, -0.25) is 14.3 Å². The van der Waals surface area contributed by atoms with Crippen LogP contribution < -0.4 is 5.32 Å². The van der Waals surface area contributed by atoms with Gasteiger partial charge in [0.25, 0.3) is 0 Å². The average molecular weight is 419 g/mol. The lowest BCUT2D eigenvalue weighted by atomic mass is 10.1. The molecule has 0 unspecified atom stereocenters. The zero-order chi connectivity index (χ0) is 21.0. The van der Waals surface area contributed by atoms with Crippen molar-refractivity contribution >= 4 is 34.9 Å². The molecule has 0 fully saturated rings. The maximum Gasteiger partial charge on any atom is 0.416 e. The van der Waals surface area contributed by atoms with Crippen LogP contribution in [0.25, 0.3) is 6.08 Å². The van der Waals surface area contributed by atoms with E-state index in [0.29, 0.717) is 22.8 Å². The molecule has 2 aromatic heterocycles. The van der Waals surface area contributed by atoms with Crippen molar-refractivity contribution in [2.24, 2.45) is 0 Å². The van der Waals surface area contributed by atoms with E-state index >= 15 is 0 Å². The number of alkyl halides is 3. The van der Waals surface area contributed by atoms with E-state index in [0.717, 1.165) is 17.0 Å². The number of carbonyl (C=O) groups is 2. The molecule has 0 aliphatic carbocycles. The molecule has 0 radical (unpaired) electrons. The summed E-state index contributed by atoms with van der Waals surface area (Å²) >= 11 is 1.39. The normalized spacial score (nSPS) is 11.7. The van der Waals surface area contributed by atoms with Crippen molar-refractivity contribution in [3.05, 3.63) is 75.6 Å². The molecule has 0 aliphatic heterocycles. The van der Waals surface area contributed by atoms with Crippen LogP contribution in [0.3, 0.4) is 0 Å². The van der Waals surface area contributed by atoms with Crippen molar-refractivity contribution in [1.82, 2.24) is 9.78 Å². The van der Waals surface area contributed by atoms with E-state index in [1.54, 1.807) is 23.0 Å². The van der Waals surface area contributed by atoms with E-state index in [4.69, 9.17) is 0 Å². The predicted octanol–water partition coefficient (Wildman–Crippen LogP) is 4.87. The first kappa shape index (κ1) is 20.5. The number of carbonyl (C=O) groups excluding carboxylic acids is 2. The SMILES string of the molecule is CC(=O)c1ccc(Cn2ccc(NC(=O)C=Cc3ccc(C(F)(F)F)cc3)n2)s1. The Hall–Kier alpha value is -3.20. The third-order valence-electron chi connectivity index (χ3n) is 3.88. The monoisotopic (exact) mass is 419 g/mol. The van der Waals surface area contributed by atoms with Gasteiger partial charge in [0.1, 0.15) is 0 Å². The van der Waals surface area contributed by atoms with E-state index < -0.39 is 17.6 Å². The number of halogens is 3. The zero-order valence-electron chi connectivity index (χ0n) is 15.2. The number of nitrogens with zero attached hydrogens (tertiary/aromatic N) is 2. The summed E-state index contributed by atoms with van der Waals surface area (Å²) in [7, 11) is 0. The number of hydrogen-bond donors (Lipinski definition) is 1. The first-order chi connectivity index (χ1) is 13.7. The van der Waals surface area contributed by atoms with E-state index in [-0.39, 0.29) is 5.78 Å². The number of aromatic nitrogens is 2. The fourth-order valence-corrected chi connectivity index (χ4v) is 3.35. The number of hydrogen-bond acceptors (Lipinski definition) is 4. The van der Waals surface area contributed by atoms with Crippen LogP contribution >= 0.6 is 11.3 Å². The van der Waals surface area contributed by atoms with Crippen molar-refractivity contribution in [2.75, 3.05) is 5.32 Å². The number of rotatable bonds is 6. The molecular weight excluding hydrogens is 403 g/mol. The number of anilines is 1. The zero-order valence-corrected chi connectivity index (χ0v) is 16.1. The molecule has 150 valence electrons. The molecule has 1 amide bonds. The number of nitrogens with one attached hydrogen (secondary N) is 1. The Labute approximate surface area is 168 Å². The summed E-state index contributed by atoms with van der Waals surface area (Å²) in [6.07, 6.45) is -0.0566. The molecule has 0 atom stereocenters. The molecule has 29 heavy (non-hydrogen) atoms. The minimum atomic E-state index is -4.39. The maximum atomic E-state index is 12.5. The van der Waals surface area contributed by atoms with E-state index in [2.05, 4.69) is 10.4 Å². The van der Waals surface area contributed by atoms with Crippen LogP contribution in [-0.4, -0.2) is 21.5 Å². The summed E-state index contributed by atoms with van der Waals surface area (Å²) in [5.74, 6) is -0.102. The average Bonchev–Trinajstić information content (AvgIpc) is 3.30. The van der Waals surface area contributed by atoms with Gasteiger partial charge in [-0.25, -0.2) is 0 Å². The Morgan fingerprint density at radius 2 is 1.86 bits per heavy atom. The van der Waals surface area contributed by atoms with Crippen LogP contribution in [0.4, 0.5) is 19.0 Å². The highest BCUT2D eigenvalue weighted by Gasteiger charge is 2.29. The molecule has 0 saturated heterocycles. The summed E-state index contributed by atoms with van der Waals surface area (Å²) in [5, 5.41) is 6.83. The molecule has 2 heterocycles. The summed E-state index contributed by atoms with van der Waals surface area (Å²) in [6.45, 7) is 1.98. The minimum Gasteiger partial charge on any atom is -0.306 e. The standard InChI is InChI=1S/C20H16F3N3O2S/c1-13(27)17-8-7-16(29-17)12-26-11-10-18(25-26)24-19(28)9-4-14-2-5-15(6-3-14)20(21,22)23/h2-11H,12H2,1H3,(H,24,25,28). The van der Waals surface area contributed by atoms with Gasteiger partial charge in [-0.05, 0) is 42.8 Å². The molecule has 5 nitrogen and oxygen atoms in total. The predicted molar refractivity (Wildman–Crippen MR) is 105 cm³/mol. The summed E-state index contributed by atoms with van der Waals surface area (Å²) in [5.41, 5.74) is -0.275. The first-order valence-corrected chi connectivity index (χ1v) is 9.32. The minimum absolute atomic E-state index is 0.00880. The molecule has 1 aromatic carbocycles. The molecule has 0 bridgehead atoms. The van der Waals surface area contributed by atoms with Crippen LogP contribution in [0, 0.1) is 0 Å². The van der Waals surface area contributed by atoms with Gasteiger partial charge in [0, 0.05) is 23.2 Å². The number of ketones is 1. The van der Waals surface area contributed by atoms with Gasteiger partial charge < -0.3 is 5.32 Å². The number of benzene rings is 1. The Morgan fingerprint density at radius 3 is 2.48 bits per heavy atom. The van der Waals surface area contributed by atoms with Crippen molar-refractivity contribution in [2.45, 2.75) is 19.6 Å². The largest absolute Gasteiger partial charge is 0.416 e. The third-order valence-corrected chi connectivity index (χ3v) is 5.05. The number of Topliss-reactive ketones (excluding diaryl/α,β-unsaturated/α-hetero) is 1. The van der Waals surface area contributed by atoms with Gasteiger partial charge in [0.2, 0.25) is 5.91 Å². The third kappa shape index (κ3) is 5.64. The highest BCUT2D eigenvalue weighted by atomic mass is 32.1. The summed E-state index contributed by atoms with van der Waals surface area (Å²) in [4.78, 5) is 25.0. The molecule has 0 saturated carbocycles. The molecule has 9 heteroatoms. The van der Waals surface area contributed by atoms with Gasteiger partial charge in [0.15, 0.2) is 11.6 Å². The topological polar surface area (TPSA) is 64.0 Å². The Kier molecular flexibility index (Phi) is 5.97. The molecule has 3 rings (SSSR count). The fraction of sp³-hybridized carbons (Fsp3) is 0.150. The van der Waals surface area contributed by atoms with Gasteiger partial charge in [-0.2, -0.15) is 18.3 Å². The van der Waals surface area contributed by atoms with E-state index in [1.165, 1.54) is 42.5 Å². The van der Waals surface area contributed by atoms with Crippen LogP contribution in [0.2, 0.25) is 0 Å². The van der Waals surface area contributed by atoms with Gasteiger partial charge in [-0.1, -0.05) is 12.1 Å². The fourth-order valence-electron chi connectivity index (χ4n) is 2.45. The lowest BCUT2D eigenvalue weighted by molar-refractivity contribution is -0.137. The first-order valence-electron chi connectivity index (χ1n) is 8.50. The summed E-state index contributed by atoms with van der Waals surface area (Å²) < 4.78 is 39.3. The second-order valence-corrected chi connectivity index (χ2v) is 7.33. The summed E-state index contributed by atoms with van der Waals surface area (Å²) in [6, 6.07) is 9.75. The van der Waals surface area contributed by atoms with E-state index in [1.807, 2.05) is 6.07 Å². The van der Waals surface area contributed by atoms with Gasteiger partial charge in [0.05, 0.1) is 17.0 Å². The van der Waals surface area contributed by atoms with Crippen molar-refractivity contribution in [3.8, 4) is 0 Å². The van der Waals surface area contributed by atoms with Crippen molar-refractivity contribution < 1.29 is 22.8 Å². The molecule has 0 aliphatic rings. The lowest BCUT2D eigenvalue weighted by Crippen LogP contribution is -2.09. The Morgan fingerprint density at radius 1 is 1.14 bits per heavy atom. The van der Waals surface area contributed by atoms with Crippen LogP contribution in [-0.2, 0) is 17.5 Å². The van der Waals surface area contributed by atoms with Gasteiger partial charge in [-0.15, -0.1) is 11.3 Å². The Balaban J connectivity index is 1.57. The molecule has 1 N–H and O–H groups in total. The van der Waals surface area contributed by atoms with E-state index in [9.17, 15) is 22.8 Å². The number of thiophene rings is 1. The highest BCUT2D eigenvalue weighted by molar-refractivity contribution is 7.14.